The first-order valence-electron chi connectivity index (χ1n) is 7.25. The molecule has 3 rings (SSSR count). The van der Waals surface area contributed by atoms with Crippen LogP contribution in [0.4, 0.5) is 5.69 Å². The molecule has 1 aliphatic heterocycles. The Bertz CT molecular complexity index is 891. The molecule has 2 aromatic carbocycles. The second-order valence-corrected chi connectivity index (χ2v) is 7.70. The number of rotatable bonds is 4. The smallest absolute Gasteiger partial charge is 0.335 e. The van der Waals surface area contributed by atoms with Crippen LogP contribution >= 0.6 is 35.7 Å². The lowest BCUT2D eigenvalue weighted by Gasteiger charge is -2.14. The molecule has 2 aromatic rings. The Morgan fingerprint density at radius 3 is 2.60 bits per heavy atom. The van der Waals surface area contributed by atoms with E-state index in [1.165, 1.54) is 28.8 Å². The summed E-state index contributed by atoms with van der Waals surface area (Å²) in [6.07, 6.45) is 3.80. The van der Waals surface area contributed by atoms with Crippen molar-refractivity contribution in [3.05, 3.63) is 64.6 Å². The molecule has 0 aromatic heterocycles. The van der Waals surface area contributed by atoms with Crippen LogP contribution in [-0.4, -0.2) is 27.6 Å². The molecular weight excluding hydrogens is 374 g/mol. The third-order valence-electron chi connectivity index (χ3n) is 3.56. The van der Waals surface area contributed by atoms with Crippen molar-refractivity contribution in [3.63, 3.8) is 0 Å². The van der Waals surface area contributed by atoms with Crippen molar-refractivity contribution < 1.29 is 14.7 Å². The van der Waals surface area contributed by atoms with E-state index in [0.717, 1.165) is 10.5 Å². The highest BCUT2D eigenvalue weighted by Gasteiger charge is 2.33. The van der Waals surface area contributed by atoms with E-state index in [4.69, 9.17) is 17.3 Å². The number of carbonyl (C=O) groups excluding carboxylic acids is 1. The lowest BCUT2D eigenvalue weighted by Crippen LogP contribution is -2.27. The first-order valence-corrected chi connectivity index (χ1v) is 9.70. The molecular formula is C18H13NO3S3. The van der Waals surface area contributed by atoms with Gasteiger partial charge in [-0.2, -0.15) is 0 Å². The largest absolute Gasteiger partial charge is 0.478 e. The molecule has 0 atom stereocenters. The van der Waals surface area contributed by atoms with Gasteiger partial charge in [0.25, 0.3) is 5.91 Å². The van der Waals surface area contributed by atoms with Gasteiger partial charge in [-0.15, -0.1) is 11.8 Å². The van der Waals surface area contributed by atoms with Crippen molar-refractivity contribution in [1.82, 2.24) is 0 Å². The fourth-order valence-corrected chi connectivity index (χ4v) is 4.03. The van der Waals surface area contributed by atoms with E-state index in [9.17, 15) is 9.59 Å². The van der Waals surface area contributed by atoms with E-state index in [1.54, 1.807) is 30.0 Å². The van der Waals surface area contributed by atoms with Gasteiger partial charge in [0.2, 0.25) is 0 Å². The van der Waals surface area contributed by atoms with Gasteiger partial charge in [0.05, 0.1) is 16.2 Å². The van der Waals surface area contributed by atoms with Crippen LogP contribution in [0.3, 0.4) is 0 Å². The quantitative estimate of drug-likeness (QED) is 0.473. The number of carbonyl (C=O) groups is 2. The highest BCUT2D eigenvalue weighted by molar-refractivity contribution is 8.27. The Labute approximate surface area is 158 Å². The molecule has 4 nitrogen and oxygen atoms in total. The number of carboxylic acids is 1. The molecule has 1 fully saturated rings. The number of aromatic carboxylic acids is 1. The second-order valence-electron chi connectivity index (χ2n) is 5.15. The summed E-state index contributed by atoms with van der Waals surface area (Å²) in [6.45, 7) is 0. The Kier molecular flexibility index (Phi) is 5.27. The minimum Gasteiger partial charge on any atom is -0.478 e. The lowest BCUT2D eigenvalue weighted by molar-refractivity contribution is -0.113. The normalized spacial score (nSPS) is 15.9. The topological polar surface area (TPSA) is 57.6 Å². The molecule has 1 saturated heterocycles. The van der Waals surface area contributed by atoms with E-state index in [2.05, 4.69) is 0 Å². The van der Waals surface area contributed by atoms with Crippen molar-refractivity contribution in [1.29, 1.82) is 0 Å². The highest BCUT2D eigenvalue weighted by Crippen LogP contribution is 2.36. The van der Waals surface area contributed by atoms with E-state index in [1.807, 2.05) is 30.5 Å². The zero-order chi connectivity index (χ0) is 18.0. The van der Waals surface area contributed by atoms with Gasteiger partial charge in [-0.05, 0) is 48.2 Å². The van der Waals surface area contributed by atoms with Crippen LogP contribution in [0.2, 0.25) is 0 Å². The number of hydrogen-bond acceptors (Lipinski definition) is 5. The number of thiocarbonyl (C=S) groups is 1. The number of hydrogen-bond donors (Lipinski definition) is 1. The van der Waals surface area contributed by atoms with Crippen molar-refractivity contribution >= 4 is 63.7 Å². The van der Waals surface area contributed by atoms with E-state index >= 15 is 0 Å². The summed E-state index contributed by atoms with van der Waals surface area (Å²) in [5.41, 5.74) is 1.49. The van der Waals surface area contributed by atoms with Gasteiger partial charge in [-0.1, -0.05) is 42.2 Å². The van der Waals surface area contributed by atoms with Crippen molar-refractivity contribution in [2.24, 2.45) is 0 Å². The molecule has 1 N–H and O–H groups in total. The average Bonchev–Trinajstić information content (AvgIpc) is 2.89. The molecule has 1 amide bonds. The van der Waals surface area contributed by atoms with Crippen LogP contribution in [-0.2, 0) is 4.79 Å². The van der Waals surface area contributed by atoms with Gasteiger partial charge in [0.15, 0.2) is 4.32 Å². The summed E-state index contributed by atoms with van der Waals surface area (Å²) in [5, 5.41) is 9.12. The van der Waals surface area contributed by atoms with Crippen molar-refractivity contribution in [3.8, 4) is 0 Å². The molecule has 1 heterocycles. The molecule has 0 bridgehead atoms. The highest BCUT2D eigenvalue weighted by atomic mass is 32.2. The van der Waals surface area contributed by atoms with Crippen LogP contribution in [0.1, 0.15) is 15.9 Å². The molecule has 0 saturated carbocycles. The average molecular weight is 388 g/mol. The summed E-state index contributed by atoms with van der Waals surface area (Å²) in [5.74, 6) is -1.29. The Balaban J connectivity index is 1.90. The fraction of sp³-hybridized carbons (Fsp3) is 0.0556. The SMILES string of the molecule is CSc1ccc(/C=C2/SC(=S)N(c3cccc(C(=O)O)c3)C2=O)cc1. The minimum absolute atomic E-state index is 0.114. The van der Waals surface area contributed by atoms with E-state index in [-0.39, 0.29) is 11.5 Å². The molecule has 1 aliphatic rings. The van der Waals surface area contributed by atoms with Gasteiger partial charge in [0, 0.05) is 4.90 Å². The zero-order valence-electron chi connectivity index (χ0n) is 13.1. The van der Waals surface area contributed by atoms with Crippen molar-refractivity contribution in [2.75, 3.05) is 11.2 Å². The van der Waals surface area contributed by atoms with Crippen LogP contribution in [0.15, 0.2) is 58.3 Å². The zero-order valence-corrected chi connectivity index (χ0v) is 15.6. The summed E-state index contributed by atoms with van der Waals surface area (Å²) >= 11 is 8.18. The van der Waals surface area contributed by atoms with Crippen LogP contribution in [0.5, 0.6) is 0 Å². The maximum absolute atomic E-state index is 12.7. The van der Waals surface area contributed by atoms with E-state index in [0.29, 0.717) is 14.9 Å². The second kappa shape index (κ2) is 7.43. The third-order valence-corrected chi connectivity index (χ3v) is 5.60. The molecule has 0 spiro atoms. The maximum Gasteiger partial charge on any atom is 0.335 e. The molecule has 7 heteroatoms. The first-order chi connectivity index (χ1) is 12.0. The van der Waals surface area contributed by atoms with Crippen molar-refractivity contribution in [2.45, 2.75) is 4.90 Å². The van der Waals surface area contributed by atoms with E-state index < -0.39 is 5.97 Å². The maximum atomic E-state index is 12.7. The van der Waals surface area contributed by atoms with Gasteiger partial charge >= 0.3 is 5.97 Å². The Morgan fingerprint density at radius 1 is 1.24 bits per heavy atom. The summed E-state index contributed by atoms with van der Waals surface area (Å²) in [7, 11) is 0. The minimum atomic E-state index is -1.04. The molecule has 0 aliphatic carbocycles. The van der Waals surface area contributed by atoms with Gasteiger partial charge in [-0.3, -0.25) is 9.69 Å². The molecule has 126 valence electrons. The van der Waals surface area contributed by atoms with Crippen LogP contribution in [0.25, 0.3) is 6.08 Å². The van der Waals surface area contributed by atoms with Crippen LogP contribution < -0.4 is 4.90 Å². The monoisotopic (exact) mass is 387 g/mol. The molecule has 25 heavy (non-hydrogen) atoms. The number of anilines is 1. The van der Waals surface area contributed by atoms with Crippen LogP contribution in [0, 0.1) is 0 Å². The fourth-order valence-electron chi connectivity index (χ4n) is 2.32. The number of thioether (sulfide) groups is 2. The number of amides is 1. The number of nitrogens with zero attached hydrogens (tertiary/aromatic N) is 1. The standard InChI is InChI=1S/C18H13NO3S3/c1-24-14-7-5-11(6-8-14)9-15-16(20)19(18(23)25-15)13-4-2-3-12(10-13)17(21)22/h2-10H,1H3,(H,21,22)/b15-9+. The molecule has 0 radical (unpaired) electrons. The number of benzene rings is 2. The summed E-state index contributed by atoms with van der Waals surface area (Å²) in [4.78, 5) is 26.9. The van der Waals surface area contributed by atoms with Gasteiger partial charge in [0.1, 0.15) is 0 Å². The molecule has 0 unspecified atom stereocenters. The Morgan fingerprint density at radius 2 is 1.96 bits per heavy atom. The van der Waals surface area contributed by atoms with Gasteiger partial charge in [-0.25, -0.2) is 4.79 Å². The summed E-state index contributed by atoms with van der Waals surface area (Å²) in [6, 6.07) is 14.1. The number of carboxylic acid groups (broad SMARTS) is 1. The summed E-state index contributed by atoms with van der Waals surface area (Å²) < 4.78 is 0.388. The Hall–Kier alpha value is -2.09. The van der Waals surface area contributed by atoms with Gasteiger partial charge < -0.3 is 5.11 Å². The predicted octanol–water partition coefficient (Wildman–Crippen LogP) is 4.51. The predicted molar refractivity (Wildman–Crippen MR) is 107 cm³/mol. The third kappa shape index (κ3) is 3.78. The lowest BCUT2D eigenvalue weighted by atomic mass is 10.2. The first kappa shape index (κ1) is 17.7.